The fourth-order valence-corrected chi connectivity index (χ4v) is 1.12. The summed E-state index contributed by atoms with van der Waals surface area (Å²) in [6.07, 6.45) is 0. The lowest BCUT2D eigenvalue weighted by Crippen LogP contribution is -2.48. The van der Waals surface area contributed by atoms with Crippen LogP contribution in [0.1, 0.15) is 41.5 Å². The van der Waals surface area contributed by atoms with E-state index in [2.05, 4.69) is 50.8 Å². The highest BCUT2D eigenvalue weighted by Gasteiger charge is 2.41. The number of rotatable bonds is 0. The van der Waals surface area contributed by atoms with Crippen LogP contribution in [0.3, 0.4) is 0 Å². The predicted octanol–water partition coefficient (Wildman–Crippen LogP) is 2.82. The fraction of sp³-hybridized carbons (Fsp3) is 1.00. The average molecular weight is 170 g/mol. The van der Waals surface area contributed by atoms with Gasteiger partial charge in [0, 0.05) is 0 Å². The second-order valence-electron chi connectivity index (χ2n) is 5.37. The molecule has 11 heavy (non-hydrogen) atoms. The van der Waals surface area contributed by atoms with E-state index in [0.717, 1.165) is 0 Å². The van der Waals surface area contributed by atoms with E-state index in [1.54, 1.807) is 0 Å². The Morgan fingerprint density at radius 2 is 1.00 bits per heavy atom. The molecule has 0 saturated carbocycles. The first-order valence-electron chi connectivity index (χ1n) is 4.08. The third kappa shape index (κ3) is 2.21. The molecule has 64 valence electrons. The summed E-state index contributed by atoms with van der Waals surface area (Å²) in [7, 11) is 9.02. The summed E-state index contributed by atoms with van der Waals surface area (Å²) < 4.78 is 0. The Kier molecular flexibility index (Phi) is 2.89. The maximum absolute atomic E-state index is 6.23. The van der Waals surface area contributed by atoms with Gasteiger partial charge in [-0.3, -0.25) is 0 Å². The summed E-state index contributed by atoms with van der Waals surface area (Å²) in [6, 6.07) is 0. The van der Waals surface area contributed by atoms with Crippen LogP contribution in [0, 0.1) is 10.8 Å². The maximum atomic E-state index is 6.23. The van der Waals surface area contributed by atoms with Gasteiger partial charge in [0.25, 0.3) is 0 Å². The first-order chi connectivity index (χ1) is 4.50. The van der Waals surface area contributed by atoms with E-state index >= 15 is 0 Å². The molecule has 0 aliphatic carbocycles. The first kappa shape index (κ1) is 11.5. The van der Waals surface area contributed by atoms with E-state index in [9.17, 15) is 0 Å². The Labute approximate surface area is 75.1 Å². The van der Waals surface area contributed by atoms with Crippen molar-refractivity contribution in [3.63, 3.8) is 0 Å². The summed E-state index contributed by atoms with van der Waals surface area (Å²) >= 11 is 0. The smallest absolute Gasteiger partial charge is 0.0817 e. The van der Waals surface area contributed by atoms with Gasteiger partial charge in [0.1, 0.15) is 0 Å². The highest BCUT2D eigenvalue weighted by atomic mass is 31.0. The zero-order chi connectivity index (χ0) is 9.50. The van der Waals surface area contributed by atoms with Crippen molar-refractivity contribution in [1.82, 2.24) is 0 Å². The molecule has 0 spiro atoms. The zero-order valence-corrected chi connectivity index (χ0v) is 9.81. The molecule has 0 saturated heterocycles. The van der Waals surface area contributed by atoms with Gasteiger partial charge in [-0.2, -0.15) is 0 Å². The summed E-state index contributed by atoms with van der Waals surface area (Å²) in [6.45, 7) is 13.0. The largest absolute Gasteiger partial charge is 0.139 e. The molecule has 0 rings (SSSR count). The zero-order valence-electron chi connectivity index (χ0n) is 8.65. The molecular formula is C9H20BP. The molecule has 0 amide bonds. The lowest BCUT2D eigenvalue weighted by molar-refractivity contribution is 0.213. The molecule has 0 aromatic rings. The van der Waals surface area contributed by atoms with Crippen LogP contribution in [0.2, 0.25) is 0 Å². The van der Waals surface area contributed by atoms with Crippen LogP contribution in [-0.4, -0.2) is 12.9 Å². The van der Waals surface area contributed by atoms with E-state index in [-0.39, 0.29) is 15.9 Å². The van der Waals surface area contributed by atoms with Crippen LogP contribution in [0.5, 0.6) is 0 Å². The van der Waals surface area contributed by atoms with Crippen LogP contribution in [-0.2, 0) is 0 Å². The molecule has 0 aliphatic heterocycles. The van der Waals surface area contributed by atoms with Crippen LogP contribution < -0.4 is 0 Å². The predicted molar refractivity (Wildman–Crippen MR) is 57.1 cm³/mol. The summed E-state index contributed by atoms with van der Waals surface area (Å²) in [5.41, 5.74) is 0.242. The second kappa shape index (κ2) is 2.77. The number of hydrogen-bond acceptors (Lipinski definition) is 0. The molecule has 0 N–H and O–H groups in total. The Morgan fingerprint density at radius 3 is 1.00 bits per heavy atom. The normalized spacial score (nSPS) is 15.2. The fourth-order valence-electron chi connectivity index (χ4n) is 1.12. The standard InChI is InChI=1S/C9H20BP/c1-7(2,3)9(10,11)8(4,5)6/h11H2,1-6H3. The van der Waals surface area contributed by atoms with Gasteiger partial charge in [-0.15, -0.1) is 9.24 Å². The Balaban J connectivity index is 4.75. The molecule has 0 fully saturated rings. The van der Waals surface area contributed by atoms with E-state index < -0.39 is 0 Å². The molecule has 2 heteroatoms. The third-order valence-corrected chi connectivity index (χ3v) is 4.21. The minimum absolute atomic E-state index is 0.121. The van der Waals surface area contributed by atoms with Gasteiger partial charge in [-0.05, 0) is 15.9 Å². The van der Waals surface area contributed by atoms with Crippen LogP contribution in [0.4, 0.5) is 0 Å². The quantitative estimate of drug-likeness (QED) is 0.387. The molecule has 0 aromatic carbocycles. The van der Waals surface area contributed by atoms with Crippen molar-refractivity contribution in [1.29, 1.82) is 0 Å². The van der Waals surface area contributed by atoms with E-state index in [0.29, 0.717) is 0 Å². The van der Waals surface area contributed by atoms with Gasteiger partial charge in [-0.1, -0.05) is 41.5 Å². The highest BCUT2D eigenvalue weighted by Crippen LogP contribution is 2.47. The van der Waals surface area contributed by atoms with Crippen molar-refractivity contribution in [2.75, 3.05) is 0 Å². The van der Waals surface area contributed by atoms with Crippen molar-refractivity contribution in [3.05, 3.63) is 0 Å². The minimum Gasteiger partial charge on any atom is -0.139 e. The van der Waals surface area contributed by atoms with Gasteiger partial charge < -0.3 is 0 Å². The van der Waals surface area contributed by atoms with Gasteiger partial charge in [-0.25, -0.2) is 0 Å². The van der Waals surface area contributed by atoms with Crippen LogP contribution in [0.25, 0.3) is 0 Å². The lowest BCUT2D eigenvalue weighted by atomic mass is 9.55. The van der Waals surface area contributed by atoms with Crippen molar-refractivity contribution < 1.29 is 0 Å². The van der Waals surface area contributed by atoms with Crippen molar-refractivity contribution >= 4 is 17.1 Å². The lowest BCUT2D eigenvalue weighted by Gasteiger charge is -2.49. The van der Waals surface area contributed by atoms with Crippen molar-refractivity contribution in [2.45, 2.75) is 46.6 Å². The topological polar surface area (TPSA) is 0 Å². The summed E-state index contributed by atoms with van der Waals surface area (Å²) in [4.78, 5) is 0. The van der Waals surface area contributed by atoms with Gasteiger partial charge in [0.15, 0.2) is 0 Å². The molecule has 0 nitrogen and oxygen atoms in total. The van der Waals surface area contributed by atoms with Crippen molar-refractivity contribution in [2.24, 2.45) is 10.8 Å². The summed E-state index contributed by atoms with van der Waals surface area (Å²) in [5, 5.41) is -0.208. The molecule has 1 unspecified atom stereocenters. The first-order valence-corrected chi connectivity index (χ1v) is 4.65. The molecule has 0 heterocycles. The average Bonchev–Trinajstić information content (AvgIpc) is 1.58. The second-order valence-corrected chi connectivity index (χ2v) is 6.28. The Bertz CT molecular complexity index is 121. The summed E-state index contributed by atoms with van der Waals surface area (Å²) in [5.74, 6) is 0. The SMILES string of the molecule is [B]C(P)(C(C)(C)C)C(C)(C)C. The van der Waals surface area contributed by atoms with E-state index in [1.165, 1.54) is 0 Å². The maximum Gasteiger partial charge on any atom is 0.0817 e. The van der Waals surface area contributed by atoms with Gasteiger partial charge in [0.05, 0.1) is 7.85 Å². The Hall–Kier alpha value is 0.495. The van der Waals surface area contributed by atoms with Crippen molar-refractivity contribution in [3.8, 4) is 0 Å². The molecule has 2 radical (unpaired) electrons. The van der Waals surface area contributed by atoms with E-state index in [4.69, 9.17) is 7.85 Å². The minimum atomic E-state index is -0.208. The van der Waals surface area contributed by atoms with E-state index in [1.807, 2.05) is 0 Å². The van der Waals surface area contributed by atoms with Crippen LogP contribution >= 0.6 is 9.24 Å². The monoisotopic (exact) mass is 170 g/mol. The number of hydrogen-bond donors (Lipinski definition) is 0. The highest BCUT2D eigenvalue weighted by molar-refractivity contribution is 7.22. The third-order valence-electron chi connectivity index (χ3n) is 2.48. The van der Waals surface area contributed by atoms with Gasteiger partial charge >= 0.3 is 0 Å². The molecule has 0 aliphatic rings. The van der Waals surface area contributed by atoms with Gasteiger partial charge in [0.2, 0.25) is 0 Å². The van der Waals surface area contributed by atoms with Crippen LogP contribution in [0.15, 0.2) is 0 Å². The molecule has 0 aromatic heterocycles. The molecular weight excluding hydrogens is 150 g/mol. The molecule has 0 bridgehead atoms. The molecule has 1 atom stereocenters. The Morgan fingerprint density at radius 1 is 0.818 bits per heavy atom.